The molecular formula is C22H23BrN2O2. The summed E-state index contributed by atoms with van der Waals surface area (Å²) in [6, 6.07) is 15.7. The second-order valence-electron chi connectivity index (χ2n) is 7.65. The highest BCUT2D eigenvalue weighted by molar-refractivity contribution is 9.10. The third-order valence-corrected chi connectivity index (χ3v) is 6.26. The van der Waals surface area contributed by atoms with Gasteiger partial charge in [0.15, 0.2) is 0 Å². The summed E-state index contributed by atoms with van der Waals surface area (Å²) < 4.78 is 0.847. The molecule has 1 heterocycles. The van der Waals surface area contributed by atoms with Crippen LogP contribution in [0.25, 0.3) is 0 Å². The predicted octanol–water partition coefficient (Wildman–Crippen LogP) is 4.25. The van der Waals surface area contributed by atoms with E-state index in [1.54, 1.807) is 12.1 Å². The number of fused-ring (bicyclic) bond motifs is 1. The molecule has 2 aliphatic rings. The Labute approximate surface area is 168 Å². The topological polar surface area (TPSA) is 49.4 Å². The molecule has 4 rings (SSSR count). The SMILES string of the molecule is CC1(NC(=O)c2cccc(Br)c2)CCCN(C2CCc3ccccc32)C1=O. The van der Waals surface area contributed by atoms with Crippen LogP contribution in [0, 0.1) is 0 Å². The summed E-state index contributed by atoms with van der Waals surface area (Å²) in [5.74, 6) is -0.181. The molecule has 0 bridgehead atoms. The average molecular weight is 427 g/mol. The van der Waals surface area contributed by atoms with Crippen LogP contribution in [0.4, 0.5) is 0 Å². The van der Waals surface area contributed by atoms with Gasteiger partial charge in [0, 0.05) is 16.6 Å². The standard InChI is InChI=1S/C22H23BrN2O2/c1-22(24-20(26)16-7-4-8-17(23)14-16)12-5-13-25(21(22)27)19-11-10-15-6-2-3-9-18(15)19/h2-4,6-9,14,19H,5,10-13H2,1H3,(H,24,26). The third kappa shape index (κ3) is 3.41. The Bertz CT molecular complexity index is 897. The number of benzene rings is 2. The Hall–Kier alpha value is -2.14. The van der Waals surface area contributed by atoms with Crippen molar-refractivity contribution in [1.29, 1.82) is 0 Å². The van der Waals surface area contributed by atoms with E-state index in [1.165, 1.54) is 11.1 Å². The van der Waals surface area contributed by atoms with Crippen molar-refractivity contribution < 1.29 is 9.59 Å². The monoisotopic (exact) mass is 426 g/mol. The average Bonchev–Trinajstić information content (AvgIpc) is 3.08. The van der Waals surface area contributed by atoms with Crippen LogP contribution in [0.3, 0.4) is 0 Å². The highest BCUT2D eigenvalue weighted by Crippen LogP contribution is 2.39. The van der Waals surface area contributed by atoms with E-state index in [2.05, 4.69) is 39.4 Å². The Morgan fingerprint density at radius 1 is 1.22 bits per heavy atom. The quantitative estimate of drug-likeness (QED) is 0.797. The van der Waals surface area contributed by atoms with Gasteiger partial charge in [-0.1, -0.05) is 46.3 Å². The Morgan fingerprint density at radius 3 is 2.85 bits per heavy atom. The lowest BCUT2D eigenvalue weighted by Crippen LogP contribution is -2.61. The van der Waals surface area contributed by atoms with E-state index in [-0.39, 0.29) is 17.9 Å². The van der Waals surface area contributed by atoms with Crippen LogP contribution in [-0.4, -0.2) is 28.8 Å². The molecule has 0 radical (unpaired) electrons. The number of likely N-dealkylation sites (tertiary alicyclic amines) is 1. The Balaban J connectivity index is 1.55. The first-order chi connectivity index (χ1) is 13.0. The molecule has 0 saturated carbocycles. The maximum atomic E-state index is 13.4. The molecule has 0 spiro atoms. The highest BCUT2D eigenvalue weighted by atomic mass is 79.9. The summed E-state index contributed by atoms with van der Waals surface area (Å²) >= 11 is 3.40. The number of aryl methyl sites for hydroxylation is 1. The van der Waals surface area contributed by atoms with Gasteiger partial charge in [-0.05, 0) is 61.9 Å². The first-order valence-electron chi connectivity index (χ1n) is 9.45. The molecule has 1 aliphatic carbocycles. The molecule has 2 atom stereocenters. The van der Waals surface area contributed by atoms with E-state index in [1.807, 2.05) is 30.0 Å². The van der Waals surface area contributed by atoms with Crippen LogP contribution < -0.4 is 5.32 Å². The third-order valence-electron chi connectivity index (χ3n) is 5.76. The van der Waals surface area contributed by atoms with E-state index in [0.29, 0.717) is 12.0 Å². The van der Waals surface area contributed by atoms with Crippen LogP contribution in [0.1, 0.15) is 53.7 Å². The van der Waals surface area contributed by atoms with Crippen molar-refractivity contribution in [2.45, 2.75) is 44.2 Å². The smallest absolute Gasteiger partial charge is 0.252 e. The van der Waals surface area contributed by atoms with Crippen LogP contribution in [0.2, 0.25) is 0 Å². The summed E-state index contributed by atoms with van der Waals surface area (Å²) in [7, 11) is 0. The number of carbonyl (C=O) groups excluding carboxylic acids is 2. The van der Waals surface area contributed by atoms with Crippen molar-refractivity contribution in [3.63, 3.8) is 0 Å². The van der Waals surface area contributed by atoms with Gasteiger partial charge in [0.2, 0.25) is 5.91 Å². The molecule has 27 heavy (non-hydrogen) atoms. The lowest BCUT2D eigenvalue weighted by Gasteiger charge is -2.43. The number of carbonyl (C=O) groups is 2. The molecule has 1 saturated heterocycles. The van der Waals surface area contributed by atoms with E-state index in [4.69, 9.17) is 0 Å². The molecule has 2 aromatic rings. The molecule has 140 valence electrons. The molecule has 1 aliphatic heterocycles. The molecule has 5 heteroatoms. The van der Waals surface area contributed by atoms with E-state index in [0.717, 1.165) is 30.3 Å². The van der Waals surface area contributed by atoms with Gasteiger partial charge >= 0.3 is 0 Å². The first-order valence-corrected chi connectivity index (χ1v) is 10.2. The molecule has 4 nitrogen and oxygen atoms in total. The number of halogens is 1. The van der Waals surface area contributed by atoms with Crippen LogP contribution >= 0.6 is 15.9 Å². The summed E-state index contributed by atoms with van der Waals surface area (Å²) in [6.45, 7) is 2.61. The minimum Gasteiger partial charge on any atom is -0.338 e. The summed E-state index contributed by atoms with van der Waals surface area (Å²) in [4.78, 5) is 28.1. The number of nitrogens with one attached hydrogen (secondary N) is 1. The molecule has 1 N–H and O–H groups in total. The molecule has 2 aromatic carbocycles. The number of hydrogen-bond acceptors (Lipinski definition) is 2. The number of amides is 2. The predicted molar refractivity (Wildman–Crippen MR) is 108 cm³/mol. The summed E-state index contributed by atoms with van der Waals surface area (Å²) in [5.41, 5.74) is 2.28. The lowest BCUT2D eigenvalue weighted by molar-refractivity contribution is -0.143. The molecule has 2 amide bonds. The maximum absolute atomic E-state index is 13.4. The summed E-state index contributed by atoms with van der Waals surface area (Å²) in [6.07, 6.45) is 3.52. The fourth-order valence-electron chi connectivity index (χ4n) is 4.35. The van der Waals surface area contributed by atoms with Crippen molar-refractivity contribution >= 4 is 27.7 Å². The first kappa shape index (κ1) is 18.2. The van der Waals surface area contributed by atoms with Gasteiger partial charge in [-0.2, -0.15) is 0 Å². The zero-order chi connectivity index (χ0) is 19.0. The van der Waals surface area contributed by atoms with E-state index in [9.17, 15) is 9.59 Å². The van der Waals surface area contributed by atoms with Gasteiger partial charge in [-0.25, -0.2) is 0 Å². The van der Waals surface area contributed by atoms with Crippen LogP contribution in [-0.2, 0) is 11.2 Å². The Kier molecular flexibility index (Phi) is 4.81. The van der Waals surface area contributed by atoms with Crippen molar-refractivity contribution in [2.24, 2.45) is 0 Å². The van der Waals surface area contributed by atoms with Crippen molar-refractivity contribution in [1.82, 2.24) is 10.2 Å². The van der Waals surface area contributed by atoms with Gasteiger partial charge in [-0.15, -0.1) is 0 Å². The van der Waals surface area contributed by atoms with Gasteiger partial charge < -0.3 is 10.2 Å². The molecule has 0 aromatic heterocycles. The highest BCUT2D eigenvalue weighted by Gasteiger charge is 2.44. The Morgan fingerprint density at radius 2 is 2.04 bits per heavy atom. The zero-order valence-electron chi connectivity index (χ0n) is 15.4. The normalized spacial score (nSPS) is 24.6. The minimum atomic E-state index is -0.866. The molecule has 1 fully saturated rings. The van der Waals surface area contributed by atoms with Crippen molar-refractivity contribution in [2.75, 3.05) is 6.54 Å². The summed E-state index contributed by atoms with van der Waals surface area (Å²) in [5, 5.41) is 3.01. The van der Waals surface area contributed by atoms with Crippen molar-refractivity contribution in [3.8, 4) is 0 Å². The number of rotatable bonds is 3. The number of nitrogens with zero attached hydrogens (tertiary/aromatic N) is 1. The number of hydrogen-bond donors (Lipinski definition) is 1. The second kappa shape index (κ2) is 7.12. The molecular weight excluding hydrogens is 404 g/mol. The van der Waals surface area contributed by atoms with Crippen LogP contribution in [0.5, 0.6) is 0 Å². The zero-order valence-corrected chi connectivity index (χ0v) is 17.0. The maximum Gasteiger partial charge on any atom is 0.252 e. The fraction of sp³-hybridized carbons (Fsp3) is 0.364. The van der Waals surface area contributed by atoms with Gasteiger partial charge in [-0.3, -0.25) is 9.59 Å². The van der Waals surface area contributed by atoms with E-state index >= 15 is 0 Å². The lowest BCUT2D eigenvalue weighted by atomic mass is 9.88. The van der Waals surface area contributed by atoms with Gasteiger partial charge in [0.25, 0.3) is 5.91 Å². The van der Waals surface area contributed by atoms with Crippen LogP contribution in [0.15, 0.2) is 53.0 Å². The molecule has 2 unspecified atom stereocenters. The van der Waals surface area contributed by atoms with Gasteiger partial charge in [0.1, 0.15) is 5.54 Å². The van der Waals surface area contributed by atoms with Gasteiger partial charge in [0.05, 0.1) is 6.04 Å². The largest absolute Gasteiger partial charge is 0.338 e. The second-order valence-corrected chi connectivity index (χ2v) is 8.57. The van der Waals surface area contributed by atoms with Crippen molar-refractivity contribution in [3.05, 3.63) is 69.7 Å². The minimum absolute atomic E-state index is 0.0267. The van der Waals surface area contributed by atoms with E-state index < -0.39 is 5.54 Å². The fourth-order valence-corrected chi connectivity index (χ4v) is 4.75. The number of piperidine rings is 1.